The van der Waals surface area contributed by atoms with Gasteiger partial charge in [0.25, 0.3) is 5.91 Å². The van der Waals surface area contributed by atoms with Gasteiger partial charge in [-0.25, -0.2) is 0 Å². The number of hydrogen-bond donors (Lipinski definition) is 2. The Bertz CT molecular complexity index is 389. The van der Waals surface area contributed by atoms with Gasteiger partial charge in [0, 0.05) is 6.04 Å². The van der Waals surface area contributed by atoms with E-state index < -0.39 is 0 Å². The van der Waals surface area contributed by atoms with Gasteiger partial charge in [-0.1, -0.05) is 26.2 Å². The average Bonchev–Trinajstić information content (AvgIpc) is 2.76. The van der Waals surface area contributed by atoms with E-state index >= 15 is 0 Å². The highest BCUT2D eigenvalue weighted by molar-refractivity contribution is 7.12. The fraction of sp³-hybridized carbons (Fsp3) is 0.615. The Kier molecular flexibility index (Phi) is 4.05. The van der Waals surface area contributed by atoms with Gasteiger partial charge in [0.1, 0.15) is 4.88 Å². The summed E-state index contributed by atoms with van der Waals surface area (Å²) in [6.45, 7) is 2.20. The van der Waals surface area contributed by atoms with Crippen LogP contribution in [0.4, 0.5) is 5.69 Å². The van der Waals surface area contributed by atoms with Crippen LogP contribution >= 0.6 is 11.3 Å². The third kappa shape index (κ3) is 2.80. The Labute approximate surface area is 106 Å². The van der Waals surface area contributed by atoms with Gasteiger partial charge in [-0.05, 0) is 30.2 Å². The monoisotopic (exact) mass is 252 g/mol. The Balaban J connectivity index is 2.00. The topological polar surface area (TPSA) is 55.1 Å². The summed E-state index contributed by atoms with van der Waals surface area (Å²) in [6, 6.07) is 2.13. The molecule has 1 aliphatic rings. The number of rotatable bonds is 3. The number of nitrogens with one attached hydrogen (secondary N) is 1. The minimum atomic E-state index is 0.00264. The largest absolute Gasteiger partial charge is 0.397 e. The van der Waals surface area contributed by atoms with Crippen molar-refractivity contribution in [2.75, 3.05) is 5.73 Å². The van der Waals surface area contributed by atoms with Crippen LogP contribution in [0.15, 0.2) is 11.4 Å². The standard InChI is InChI=1S/C13H20N2OS/c1-2-9-5-3-4-6-11(9)15-13(16)12-10(14)7-8-17-12/h7-9,11H,2-6,14H2,1H3,(H,15,16). The highest BCUT2D eigenvalue weighted by atomic mass is 32.1. The molecule has 0 radical (unpaired) electrons. The molecule has 2 rings (SSSR count). The number of nitrogens with two attached hydrogens (primary N) is 1. The number of hydrogen-bond acceptors (Lipinski definition) is 3. The Hall–Kier alpha value is -1.03. The number of carbonyl (C=O) groups is 1. The van der Waals surface area contributed by atoms with Gasteiger partial charge in [-0.15, -0.1) is 11.3 Å². The van der Waals surface area contributed by atoms with Crippen LogP contribution in [0.25, 0.3) is 0 Å². The summed E-state index contributed by atoms with van der Waals surface area (Å²) in [5.41, 5.74) is 6.36. The van der Waals surface area contributed by atoms with E-state index in [2.05, 4.69) is 12.2 Å². The second-order valence-electron chi connectivity index (χ2n) is 4.74. The lowest BCUT2D eigenvalue weighted by atomic mass is 9.83. The van der Waals surface area contributed by atoms with Gasteiger partial charge in [-0.2, -0.15) is 0 Å². The number of nitrogen functional groups attached to an aromatic ring is 1. The lowest BCUT2D eigenvalue weighted by Crippen LogP contribution is -2.41. The Morgan fingerprint density at radius 2 is 2.29 bits per heavy atom. The number of anilines is 1. The number of amides is 1. The van der Waals surface area contributed by atoms with Gasteiger partial charge in [0.05, 0.1) is 5.69 Å². The summed E-state index contributed by atoms with van der Waals surface area (Å²) in [4.78, 5) is 12.7. The molecule has 17 heavy (non-hydrogen) atoms. The first-order chi connectivity index (χ1) is 8.22. The van der Waals surface area contributed by atoms with Gasteiger partial charge >= 0.3 is 0 Å². The lowest BCUT2D eigenvalue weighted by molar-refractivity contribution is 0.0910. The van der Waals surface area contributed by atoms with Gasteiger partial charge in [0.15, 0.2) is 0 Å². The molecule has 0 saturated heterocycles. The van der Waals surface area contributed by atoms with E-state index in [0.29, 0.717) is 22.5 Å². The lowest BCUT2D eigenvalue weighted by Gasteiger charge is -2.31. The summed E-state index contributed by atoms with van der Waals surface area (Å²) in [5.74, 6) is 0.636. The molecule has 0 aliphatic heterocycles. The molecular weight excluding hydrogens is 232 g/mol. The van der Waals surface area contributed by atoms with E-state index in [1.165, 1.54) is 30.6 Å². The second-order valence-corrected chi connectivity index (χ2v) is 5.65. The van der Waals surface area contributed by atoms with E-state index in [1.807, 2.05) is 5.38 Å². The first kappa shape index (κ1) is 12.4. The normalized spacial score (nSPS) is 24.5. The maximum absolute atomic E-state index is 12.1. The summed E-state index contributed by atoms with van der Waals surface area (Å²) in [5, 5.41) is 5.02. The van der Waals surface area contributed by atoms with Crippen molar-refractivity contribution < 1.29 is 4.79 Å². The zero-order valence-corrected chi connectivity index (χ0v) is 11.1. The molecule has 0 spiro atoms. The highest BCUT2D eigenvalue weighted by Gasteiger charge is 2.26. The minimum absolute atomic E-state index is 0.00264. The molecule has 2 atom stereocenters. The molecule has 1 amide bonds. The number of thiophene rings is 1. The highest BCUT2D eigenvalue weighted by Crippen LogP contribution is 2.27. The van der Waals surface area contributed by atoms with Crippen molar-refractivity contribution in [2.45, 2.75) is 45.1 Å². The summed E-state index contributed by atoms with van der Waals surface area (Å²) < 4.78 is 0. The van der Waals surface area contributed by atoms with Gasteiger partial charge in [0.2, 0.25) is 0 Å². The predicted octanol–water partition coefficient (Wildman–Crippen LogP) is 3.03. The van der Waals surface area contributed by atoms with Gasteiger partial charge < -0.3 is 11.1 Å². The molecule has 94 valence electrons. The van der Waals surface area contributed by atoms with Crippen LogP contribution in [0.1, 0.15) is 48.7 Å². The van der Waals surface area contributed by atoms with E-state index in [-0.39, 0.29) is 5.91 Å². The smallest absolute Gasteiger partial charge is 0.263 e. The molecule has 1 saturated carbocycles. The van der Waals surface area contributed by atoms with Crippen LogP contribution in [-0.2, 0) is 0 Å². The molecule has 1 aromatic heterocycles. The molecule has 4 heteroatoms. The summed E-state index contributed by atoms with van der Waals surface area (Å²) >= 11 is 1.42. The third-order valence-electron chi connectivity index (χ3n) is 3.65. The third-order valence-corrected chi connectivity index (χ3v) is 4.58. The van der Waals surface area contributed by atoms with Crippen molar-refractivity contribution in [1.29, 1.82) is 0 Å². The van der Waals surface area contributed by atoms with Crippen molar-refractivity contribution in [3.05, 3.63) is 16.3 Å². The van der Waals surface area contributed by atoms with Crippen LogP contribution < -0.4 is 11.1 Å². The molecule has 0 aromatic carbocycles. The van der Waals surface area contributed by atoms with E-state index in [0.717, 1.165) is 12.8 Å². The number of carbonyl (C=O) groups excluding carboxylic acids is 1. The molecule has 0 bridgehead atoms. The quantitative estimate of drug-likeness (QED) is 0.868. The molecule has 3 nitrogen and oxygen atoms in total. The fourth-order valence-electron chi connectivity index (χ4n) is 2.62. The van der Waals surface area contributed by atoms with Crippen molar-refractivity contribution in [2.24, 2.45) is 5.92 Å². The van der Waals surface area contributed by atoms with Crippen molar-refractivity contribution in [3.63, 3.8) is 0 Å². The molecule has 1 fully saturated rings. The Morgan fingerprint density at radius 3 is 2.94 bits per heavy atom. The SMILES string of the molecule is CCC1CCCCC1NC(=O)c1sccc1N. The zero-order valence-electron chi connectivity index (χ0n) is 10.2. The molecule has 3 N–H and O–H groups in total. The van der Waals surface area contributed by atoms with Crippen molar-refractivity contribution in [1.82, 2.24) is 5.32 Å². The molecule has 1 heterocycles. The molecule has 1 aromatic rings. The molecular formula is C13H20N2OS. The van der Waals surface area contributed by atoms with Gasteiger partial charge in [-0.3, -0.25) is 4.79 Å². The summed E-state index contributed by atoms with van der Waals surface area (Å²) in [7, 11) is 0. The zero-order chi connectivity index (χ0) is 12.3. The van der Waals surface area contributed by atoms with Crippen molar-refractivity contribution in [3.8, 4) is 0 Å². The first-order valence-electron chi connectivity index (χ1n) is 6.36. The van der Waals surface area contributed by atoms with Crippen LogP contribution in [0, 0.1) is 5.92 Å². The predicted molar refractivity (Wildman–Crippen MR) is 72.2 cm³/mol. The Morgan fingerprint density at radius 1 is 1.53 bits per heavy atom. The average molecular weight is 252 g/mol. The fourth-order valence-corrected chi connectivity index (χ4v) is 3.34. The van der Waals surface area contributed by atoms with Crippen LogP contribution in [0.3, 0.4) is 0 Å². The van der Waals surface area contributed by atoms with Crippen molar-refractivity contribution >= 4 is 22.9 Å². The maximum Gasteiger partial charge on any atom is 0.263 e. The molecule has 1 aliphatic carbocycles. The summed E-state index contributed by atoms with van der Waals surface area (Å²) in [6.07, 6.45) is 6.01. The van der Waals surface area contributed by atoms with E-state index in [9.17, 15) is 4.79 Å². The molecule has 2 unspecified atom stereocenters. The van der Waals surface area contributed by atoms with E-state index in [4.69, 9.17) is 5.73 Å². The van der Waals surface area contributed by atoms with E-state index in [1.54, 1.807) is 6.07 Å². The second kappa shape index (κ2) is 5.54. The van der Waals surface area contributed by atoms with Crippen LogP contribution in [0.5, 0.6) is 0 Å². The maximum atomic E-state index is 12.1. The minimum Gasteiger partial charge on any atom is -0.397 e. The van der Waals surface area contributed by atoms with Crippen LogP contribution in [0.2, 0.25) is 0 Å². The first-order valence-corrected chi connectivity index (χ1v) is 7.24. The van der Waals surface area contributed by atoms with Crippen LogP contribution in [-0.4, -0.2) is 11.9 Å².